The van der Waals surface area contributed by atoms with Gasteiger partial charge in [0.05, 0.1) is 19.0 Å². The monoisotopic (exact) mass is 224 g/mol. The molecule has 1 atom stereocenters. The average Bonchev–Trinajstić information content (AvgIpc) is 2.18. The lowest BCUT2D eigenvalue weighted by Crippen LogP contribution is -2.56. The maximum absolute atomic E-state index is 11.5. The number of nitrogens with one attached hydrogen (secondary N) is 1. The Hall–Kier alpha value is -1.54. The Kier molecular flexibility index (Phi) is 4.32. The van der Waals surface area contributed by atoms with Gasteiger partial charge in [0.15, 0.2) is 0 Å². The molecule has 1 aliphatic rings. The van der Waals surface area contributed by atoms with E-state index >= 15 is 0 Å². The summed E-state index contributed by atoms with van der Waals surface area (Å²) >= 11 is 0. The van der Waals surface area contributed by atoms with Crippen molar-refractivity contribution in [1.29, 1.82) is 0 Å². The lowest BCUT2D eigenvalue weighted by Gasteiger charge is -2.41. The molecular formula is C11H16N2O3. The Balaban J connectivity index is 2.26. The SMILES string of the molecule is C#CCNC(=O)C(C)N1CC(CC(=O)O)C1. The second-order valence-electron chi connectivity index (χ2n) is 4.02. The van der Waals surface area contributed by atoms with Gasteiger partial charge in [-0.05, 0) is 12.8 Å². The van der Waals surface area contributed by atoms with Gasteiger partial charge < -0.3 is 10.4 Å². The molecular weight excluding hydrogens is 208 g/mol. The van der Waals surface area contributed by atoms with E-state index in [0.29, 0.717) is 13.1 Å². The second kappa shape index (κ2) is 5.52. The molecule has 0 aromatic carbocycles. The summed E-state index contributed by atoms with van der Waals surface area (Å²) in [6.07, 6.45) is 5.21. The molecule has 0 spiro atoms. The molecule has 0 radical (unpaired) electrons. The van der Waals surface area contributed by atoms with E-state index in [1.165, 1.54) is 0 Å². The Morgan fingerprint density at radius 2 is 2.25 bits per heavy atom. The van der Waals surface area contributed by atoms with Crippen LogP contribution in [0, 0.1) is 18.3 Å². The van der Waals surface area contributed by atoms with E-state index in [4.69, 9.17) is 11.5 Å². The molecule has 88 valence electrons. The van der Waals surface area contributed by atoms with Crippen LogP contribution in [0.15, 0.2) is 0 Å². The average molecular weight is 224 g/mol. The molecule has 1 saturated heterocycles. The third-order valence-electron chi connectivity index (χ3n) is 2.74. The molecule has 1 heterocycles. The zero-order valence-electron chi connectivity index (χ0n) is 9.27. The van der Waals surface area contributed by atoms with Crippen molar-refractivity contribution < 1.29 is 14.7 Å². The van der Waals surface area contributed by atoms with Crippen LogP contribution in [0.3, 0.4) is 0 Å². The first-order chi connectivity index (χ1) is 7.54. The maximum atomic E-state index is 11.5. The molecule has 5 nitrogen and oxygen atoms in total. The number of hydrogen-bond donors (Lipinski definition) is 2. The molecule has 16 heavy (non-hydrogen) atoms. The predicted molar refractivity (Wildman–Crippen MR) is 58.6 cm³/mol. The zero-order valence-corrected chi connectivity index (χ0v) is 9.27. The fraction of sp³-hybridized carbons (Fsp3) is 0.636. The lowest BCUT2D eigenvalue weighted by atomic mass is 9.94. The summed E-state index contributed by atoms with van der Waals surface area (Å²) in [5, 5.41) is 11.2. The van der Waals surface area contributed by atoms with Crippen LogP contribution in [0.4, 0.5) is 0 Å². The topological polar surface area (TPSA) is 69.6 Å². The standard InChI is InChI=1S/C11H16N2O3/c1-3-4-12-11(16)8(2)13-6-9(7-13)5-10(14)15/h1,8-9H,4-7H2,2H3,(H,12,16)(H,14,15). The third-order valence-corrected chi connectivity index (χ3v) is 2.74. The van der Waals surface area contributed by atoms with E-state index in [0.717, 1.165) is 0 Å². The van der Waals surface area contributed by atoms with Gasteiger partial charge in [-0.25, -0.2) is 0 Å². The summed E-state index contributed by atoms with van der Waals surface area (Å²) in [5.41, 5.74) is 0. The van der Waals surface area contributed by atoms with Gasteiger partial charge in [0.1, 0.15) is 0 Å². The maximum Gasteiger partial charge on any atom is 0.303 e. The Morgan fingerprint density at radius 3 is 2.75 bits per heavy atom. The van der Waals surface area contributed by atoms with Gasteiger partial charge in [0, 0.05) is 13.1 Å². The van der Waals surface area contributed by atoms with Crippen molar-refractivity contribution >= 4 is 11.9 Å². The van der Waals surface area contributed by atoms with Gasteiger partial charge in [-0.15, -0.1) is 6.42 Å². The molecule has 0 bridgehead atoms. The van der Waals surface area contributed by atoms with Crippen LogP contribution >= 0.6 is 0 Å². The quantitative estimate of drug-likeness (QED) is 0.619. The van der Waals surface area contributed by atoms with Crippen LogP contribution < -0.4 is 5.32 Å². The molecule has 1 unspecified atom stereocenters. The van der Waals surface area contributed by atoms with Crippen LogP contribution in [0.2, 0.25) is 0 Å². The molecule has 0 saturated carbocycles. The summed E-state index contributed by atoms with van der Waals surface area (Å²) in [5.74, 6) is 1.61. The normalized spacial score (nSPS) is 18.2. The number of terminal acetylenes is 1. The summed E-state index contributed by atoms with van der Waals surface area (Å²) in [6, 6.07) is -0.238. The largest absolute Gasteiger partial charge is 0.481 e. The van der Waals surface area contributed by atoms with Gasteiger partial charge >= 0.3 is 5.97 Å². The van der Waals surface area contributed by atoms with Crippen LogP contribution in [-0.4, -0.2) is 47.6 Å². The number of aliphatic carboxylic acids is 1. The first kappa shape index (κ1) is 12.5. The third kappa shape index (κ3) is 3.24. The van der Waals surface area contributed by atoms with Crippen LogP contribution in [0.1, 0.15) is 13.3 Å². The predicted octanol–water partition coefficient (Wildman–Crippen LogP) is -0.469. The molecule has 1 aliphatic heterocycles. The van der Waals surface area contributed by atoms with Crippen LogP contribution in [0.25, 0.3) is 0 Å². The first-order valence-corrected chi connectivity index (χ1v) is 5.21. The Bertz CT molecular complexity index is 316. The first-order valence-electron chi connectivity index (χ1n) is 5.21. The molecule has 5 heteroatoms. The highest BCUT2D eigenvalue weighted by Crippen LogP contribution is 2.21. The van der Waals surface area contributed by atoms with Gasteiger partial charge in [-0.3, -0.25) is 14.5 Å². The smallest absolute Gasteiger partial charge is 0.303 e. The minimum atomic E-state index is -0.783. The fourth-order valence-electron chi connectivity index (χ4n) is 1.75. The lowest BCUT2D eigenvalue weighted by molar-refractivity contribution is -0.140. The molecule has 0 aromatic heterocycles. The number of rotatable bonds is 5. The van der Waals surface area contributed by atoms with Gasteiger partial charge in [-0.1, -0.05) is 5.92 Å². The van der Waals surface area contributed by atoms with Crippen molar-refractivity contribution in [1.82, 2.24) is 10.2 Å². The molecule has 0 aromatic rings. The number of carboxylic acids is 1. The summed E-state index contributed by atoms with van der Waals surface area (Å²) < 4.78 is 0. The van der Waals surface area contributed by atoms with Crippen molar-refractivity contribution in [3.63, 3.8) is 0 Å². The van der Waals surface area contributed by atoms with Crippen molar-refractivity contribution in [2.75, 3.05) is 19.6 Å². The van der Waals surface area contributed by atoms with Gasteiger partial charge in [0.25, 0.3) is 0 Å². The van der Waals surface area contributed by atoms with Crippen LogP contribution in [0.5, 0.6) is 0 Å². The minimum Gasteiger partial charge on any atom is -0.481 e. The van der Waals surface area contributed by atoms with E-state index in [-0.39, 0.29) is 30.8 Å². The van der Waals surface area contributed by atoms with Crippen LogP contribution in [-0.2, 0) is 9.59 Å². The van der Waals surface area contributed by atoms with Gasteiger partial charge in [-0.2, -0.15) is 0 Å². The highest BCUT2D eigenvalue weighted by atomic mass is 16.4. The number of hydrogen-bond acceptors (Lipinski definition) is 3. The molecule has 2 N–H and O–H groups in total. The molecule has 1 fully saturated rings. The number of carbonyl (C=O) groups excluding carboxylic acids is 1. The highest BCUT2D eigenvalue weighted by Gasteiger charge is 2.34. The second-order valence-corrected chi connectivity index (χ2v) is 4.02. The number of amides is 1. The summed E-state index contributed by atoms with van der Waals surface area (Å²) in [7, 11) is 0. The number of carboxylic acid groups (broad SMARTS) is 1. The van der Waals surface area contributed by atoms with Crippen molar-refractivity contribution in [3.8, 4) is 12.3 Å². The van der Waals surface area contributed by atoms with E-state index in [1.54, 1.807) is 6.92 Å². The zero-order chi connectivity index (χ0) is 12.1. The van der Waals surface area contributed by atoms with Gasteiger partial charge in [0.2, 0.25) is 5.91 Å². The Labute approximate surface area is 94.8 Å². The van der Waals surface area contributed by atoms with Crippen molar-refractivity contribution in [2.45, 2.75) is 19.4 Å². The Morgan fingerprint density at radius 1 is 1.62 bits per heavy atom. The fourth-order valence-corrected chi connectivity index (χ4v) is 1.75. The molecule has 1 rings (SSSR count). The van der Waals surface area contributed by atoms with E-state index in [1.807, 2.05) is 4.90 Å². The molecule has 0 aliphatic carbocycles. The van der Waals surface area contributed by atoms with Crippen molar-refractivity contribution in [3.05, 3.63) is 0 Å². The van der Waals surface area contributed by atoms with Crippen molar-refractivity contribution in [2.24, 2.45) is 5.92 Å². The van der Waals surface area contributed by atoms with E-state index in [2.05, 4.69) is 11.2 Å². The minimum absolute atomic E-state index is 0.105. The number of nitrogens with zero attached hydrogens (tertiary/aromatic N) is 1. The summed E-state index contributed by atoms with van der Waals surface area (Å²) in [4.78, 5) is 23.9. The summed E-state index contributed by atoms with van der Waals surface area (Å²) in [6.45, 7) is 3.35. The van der Waals surface area contributed by atoms with E-state index < -0.39 is 5.97 Å². The number of likely N-dealkylation sites (tertiary alicyclic amines) is 1. The number of carbonyl (C=O) groups is 2. The molecule has 1 amide bonds. The van der Waals surface area contributed by atoms with E-state index in [9.17, 15) is 9.59 Å². The highest BCUT2D eigenvalue weighted by molar-refractivity contribution is 5.81.